The highest BCUT2D eigenvalue weighted by atomic mass is 35.5. The number of ether oxygens (including phenoxy) is 1. The van der Waals surface area contributed by atoms with Crippen molar-refractivity contribution in [1.82, 2.24) is 10.2 Å². The van der Waals surface area contributed by atoms with Crippen molar-refractivity contribution < 1.29 is 4.74 Å². The Morgan fingerprint density at radius 2 is 1.76 bits per heavy atom. The van der Waals surface area contributed by atoms with Gasteiger partial charge in [0.25, 0.3) is 0 Å². The van der Waals surface area contributed by atoms with Gasteiger partial charge in [-0.25, -0.2) is 0 Å². The first-order chi connectivity index (χ1) is 15.8. The lowest BCUT2D eigenvalue weighted by atomic mass is 10.0. The molecule has 8 heteroatoms. The Kier molecular flexibility index (Phi) is 9.75. The molecule has 33 heavy (non-hydrogen) atoms. The second kappa shape index (κ2) is 12.5. The number of likely N-dealkylation sites (N-methyl/N-ethyl adjacent to an activating group) is 1. The molecule has 0 fully saturated rings. The lowest BCUT2D eigenvalue weighted by Gasteiger charge is -2.14. The standard InChI is InChI=1S/C16H22ClNO.C9H9Cl2N3/c1-12(2)8-11-19-16-5-4-15(17)13-6-9-18(3)10-7-14(13)16;10-6-2-1-3-7(11)8(6)14-9-12-4-5-13-9/h4-5,8H,6-7,9-11H2,1-3H3;1-3H,4-5H2,(H2,12,13,14). The highest BCUT2D eigenvalue weighted by Crippen LogP contribution is 2.32. The summed E-state index contributed by atoms with van der Waals surface area (Å²) in [5.74, 6) is 1.72. The molecule has 0 unspecified atom stereocenters. The predicted molar refractivity (Wildman–Crippen MR) is 142 cm³/mol. The number of rotatable bonds is 4. The van der Waals surface area contributed by atoms with Gasteiger partial charge in [-0.05, 0) is 69.6 Å². The maximum atomic E-state index is 6.33. The fraction of sp³-hybridized carbons (Fsp3) is 0.400. The van der Waals surface area contributed by atoms with Crippen LogP contribution in [0.1, 0.15) is 25.0 Å². The number of para-hydroxylation sites is 1. The molecule has 0 aromatic heterocycles. The SMILES string of the molecule is CC(C)=CCOc1ccc(Cl)c2c1CCN(C)CC2.Clc1cccc(Cl)c1NC1=NCCN1. The molecule has 0 radical (unpaired) electrons. The van der Waals surface area contributed by atoms with Crippen LogP contribution in [0.15, 0.2) is 47.0 Å². The van der Waals surface area contributed by atoms with Crippen LogP contribution in [0.4, 0.5) is 5.69 Å². The van der Waals surface area contributed by atoms with Crippen LogP contribution in [0.2, 0.25) is 15.1 Å². The van der Waals surface area contributed by atoms with Crippen LogP contribution < -0.4 is 15.4 Å². The molecule has 2 aliphatic rings. The van der Waals surface area contributed by atoms with E-state index < -0.39 is 0 Å². The number of aliphatic imine (C=N–C) groups is 1. The molecule has 0 atom stereocenters. The topological polar surface area (TPSA) is 48.9 Å². The molecule has 0 saturated heterocycles. The fourth-order valence-electron chi connectivity index (χ4n) is 3.56. The Morgan fingerprint density at radius 1 is 1.06 bits per heavy atom. The zero-order valence-electron chi connectivity index (χ0n) is 19.4. The molecule has 2 heterocycles. The van der Waals surface area contributed by atoms with Crippen molar-refractivity contribution in [2.45, 2.75) is 26.7 Å². The van der Waals surface area contributed by atoms with Gasteiger partial charge in [0.1, 0.15) is 12.4 Å². The normalized spacial score (nSPS) is 15.3. The van der Waals surface area contributed by atoms with Gasteiger partial charge < -0.3 is 20.3 Å². The summed E-state index contributed by atoms with van der Waals surface area (Å²) in [6.45, 7) is 8.55. The first-order valence-corrected chi connectivity index (χ1v) is 12.2. The second-order valence-electron chi connectivity index (χ2n) is 8.28. The zero-order valence-corrected chi connectivity index (χ0v) is 21.6. The number of hydrogen-bond acceptors (Lipinski definition) is 5. The van der Waals surface area contributed by atoms with Crippen LogP contribution in [0.25, 0.3) is 0 Å². The van der Waals surface area contributed by atoms with Crippen LogP contribution in [-0.4, -0.2) is 50.7 Å². The van der Waals surface area contributed by atoms with Crippen molar-refractivity contribution in [2.75, 3.05) is 45.2 Å². The molecule has 4 rings (SSSR count). The number of hydrogen-bond donors (Lipinski definition) is 2. The lowest BCUT2D eigenvalue weighted by molar-refractivity contribution is 0.344. The van der Waals surface area contributed by atoms with E-state index in [0.29, 0.717) is 22.3 Å². The second-order valence-corrected chi connectivity index (χ2v) is 9.50. The van der Waals surface area contributed by atoms with Crippen molar-refractivity contribution in [3.63, 3.8) is 0 Å². The average Bonchev–Trinajstić information content (AvgIpc) is 3.21. The molecule has 0 amide bonds. The van der Waals surface area contributed by atoms with E-state index >= 15 is 0 Å². The van der Waals surface area contributed by atoms with Crippen molar-refractivity contribution >= 4 is 46.4 Å². The molecule has 0 saturated carbocycles. The van der Waals surface area contributed by atoms with Crippen LogP contribution in [-0.2, 0) is 12.8 Å². The maximum Gasteiger partial charge on any atom is 0.196 e. The van der Waals surface area contributed by atoms with Gasteiger partial charge in [-0.1, -0.05) is 46.4 Å². The number of fused-ring (bicyclic) bond motifs is 1. The first kappa shape index (κ1) is 25.7. The van der Waals surface area contributed by atoms with E-state index in [1.54, 1.807) is 18.2 Å². The van der Waals surface area contributed by atoms with Gasteiger partial charge in [-0.3, -0.25) is 4.99 Å². The largest absolute Gasteiger partial charge is 0.489 e. The molecule has 0 spiro atoms. The molecule has 5 nitrogen and oxygen atoms in total. The van der Waals surface area contributed by atoms with Gasteiger partial charge in [0, 0.05) is 30.2 Å². The van der Waals surface area contributed by atoms with Crippen molar-refractivity contribution in [2.24, 2.45) is 4.99 Å². The van der Waals surface area contributed by atoms with E-state index in [1.165, 1.54) is 16.7 Å². The third-order valence-electron chi connectivity index (χ3n) is 5.43. The van der Waals surface area contributed by atoms with E-state index in [4.69, 9.17) is 39.5 Å². The van der Waals surface area contributed by atoms with E-state index in [0.717, 1.165) is 55.8 Å². The molecule has 0 aliphatic carbocycles. The summed E-state index contributed by atoms with van der Waals surface area (Å²) in [6.07, 6.45) is 4.12. The van der Waals surface area contributed by atoms with E-state index in [-0.39, 0.29) is 0 Å². The number of guanidine groups is 1. The van der Waals surface area contributed by atoms with Gasteiger partial charge in [-0.15, -0.1) is 0 Å². The molecule has 2 aromatic carbocycles. The smallest absolute Gasteiger partial charge is 0.196 e. The molecule has 2 aliphatic heterocycles. The summed E-state index contributed by atoms with van der Waals surface area (Å²) in [5.41, 5.74) is 4.53. The number of halogens is 3. The highest BCUT2D eigenvalue weighted by Gasteiger charge is 2.18. The summed E-state index contributed by atoms with van der Waals surface area (Å²) < 4.78 is 5.91. The van der Waals surface area contributed by atoms with Crippen LogP contribution in [0.5, 0.6) is 5.75 Å². The number of nitrogens with one attached hydrogen (secondary N) is 2. The third-order valence-corrected chi connectivity index (χ3v) is 6.41. The highest BCUT2D eigenvalue weighted by molar-refractivity contribution is 6.39. The van der Waals surface area contributed by atoms with Gasteiger partial charge in [0.15, 0.2) is 5.96 Å². The summed E-state index contributed by atoms with van der Waals surface area (Å²) in [4.78, 5) is 6.53. The monoisotopic (exact) mass is 508 g/mol. The van der Waals surface area contributed by atoms with Gasteiger partial charge in [0.05, 0.1) is 22.3 Å². The summed E-state index contributed by atoms with van der Waals surface area (Å²) in [6, 6.07) is 9.34. The van der Waals surface area contributed by atoms with Crippen molar-refractivity contribution in [1.29, 1.82) is 0 Å². The molecule has 0 bridgehead atoms. The number of nitrogens with zero attached hydrogens (tertiary/aromatic N) is 2. The van der Waals surface area contributed by atoms with E-state index in [9.17, 15) is 0 Å². The summed E-state index contributed by atoms with van der Waals surface area (Å²) in [7, 11) is 2.16. The van der Waals surface area contributed by atoms with Gasteiger partial charge >= 0.3 is 0 Å². The van der Waals surface area contributed by atoms with Gasteiger partial charge in [-0.2, -0.15) is 0 Å². The number of benzene rings is 2. The van der Waals surface area contributed by atoms with Crippen LogP contribution in [0, 0.1) is 0 Å². The Labute approximate surface area is 211 Å². The van der Waals surface area contributed by atoms with Crippen LogP contribution >= 0.6 is 34.8 Å². The van der Waals surface area contributed by atoms with Crippen molar-refractivity contribution in [3.8, 4) is 5.75 Å². The Bertz CT molecular complexity index is 999. The Morgan fingerprint density at radius 3 is 2.39 bits per heavy atom. The maximum absolute atomic E-state index is 6.33. The van der Waals surface area contributed by atoms with E-state index in [1.807, 2.05) is 12.1 Å². The van der Waals surface area contributed by atoms with Crippen LogP contribution in [0.3, 0.4) is 0 Å². The lowest BCUT2D eigenvalue weighted by Crippen LogP contribution is -2.26. The first-order valence-electron chi connectivity index (χ1n) is 11.1. The third kappa shape index (κ3) is 7.54. The zero-order chi connectivity index (χ0) is 23.8. The average molecular weight is 510 g/mol. The molecule has 178 valence electrons. The van der Waals surface area contributed by atoms with Gasteiger partial charge in [0.2, 0.25) is 0 Å². The molecule has 2 N–H and O–H groups in total. The Hall–Kier alpha value is -1.92. The van der Waals surface area contributed by atoms with Crippen molar-refractivity contribution in [3.05, 3.63) is 68.2 Å². The summed E-state index contributed by atoms with van der Waals surface area (Å²) in [5, 5.41) is 8.19. The molecule has 2 aromatic rings. The fourth-order valence-corrected chi connectivity index (χ4v) is 4.32. The molecular formula is C25H31Cl3N4O. The number of allylic oxidation sites excluding steroid dienone is 1. The predicted octanol–water partition coefficient (Wildman–Crippen LogP) is 6.08. The Balaban J connectivity index is 0.000000194. The van der Waals surface area contributed by atoms with E-state index in [2.05, 4.69) is 47.5 Å². The minimum Gasteiger partial charge on any atom is -0.489 e. The molecular weight excluding hydrogens is 479 g/mol. The minimum atomic E-state index is 0.592. The minimum absolute atomic E-state index is 0.592. The summed E-state index contributed by atoms with van der Waals surface area (Å²) >= 11 is 18.3. The quantitative estimate of drug-likeness (QED) is 0.490. The number of anilines is 1.